The molecule has 32 heavy (non-hydrogen) atoms. The van der Waals surface area contributed by atoms with Crippen LogP contribution in [0.25, 0.3) is 0 Å². The summed E-state index contributed by atoms with van der Waals surface area (Å²) in [5.41, 5.74) is 0.880. The van der Waals surface area contributed by atoms with Crippen LogP contribution in [0.1, 0.15) is 25.8 Å². The van der Waals surface area contributed by atoms with Crippen LogP contribution in [0.5, 0.6) is 0 Å². The van der Waals surface area contributed by atoms with Gasteiger partial charge in [0.15, 0.2) is 11.7 Å². The maximum atomic E-state index is 13.6. The molecule has 0 radical (unpaired) electrons. The van der Waals surface area contributed by atoms with Gasteiger partial charge in [-0.2, -0.15) is 4.31 Å². The lowest BCUT2D eigenvalue weighted by Gasteiger charge is -2.43. The Morgan fingerprint density at radius 1 is 1.12 bits per heavy atom. The van der Waals surface area contributed by atoms with E-state index in [1.807, 2.05) is 6.92 Å². The maximum Gasteiger partial charge on any atom is 0.320 e. The molecule has 0 bridgehead atoms. The largest absolute Gasteiger partial charge is 0.468 e. The van der Waals surface area contributed by atoms with Crippen LogP contribution in [-0.4, -0.2) is 80.7 Å². The van der Waals surface area contributed by atoms with E-state index in [4.69, 9.17) is 18.9 Å². The molecule has 0 saturated carbocycles. The lowest BCUT2D eigenvalue weighted by Crippen LogP contribution is -2.62. The van der Waals surface area contributed by atoms with E-state index in [0.717, 1.165) is 24.1 Å². The molecule has 1 aromatic rings. The van der Waals surface area contributed by atoms with Gasteiger partial charge >= 0.3 is 11.9 Å². The van der Waals surface area contributed by atoms with Crippen LogP contribution in [-0.2, 0) is 38.6 Å². The summed E-state index contributed by atoms with van der Waals surface area (Å²) in [5.74, 6) is -4.19. The maximum absolute atomic E-state index is 13.6. The minimum Gasteiger partial charge on any atom is -0.468 e. The van der Waals surface area contributed by atoms with Crippen LogP contribution in [0.2, 0.25) is 0 Å². The quantitative estimate of drug-likeness (QED) is 0.468. The number of sulfonamides is 1. The number of aryl methyl sites for hydroxylation is 1. The summed E-state index contributed by atoms with van der Waals surface area (Å²) in [4.78, 5) is 24.7. The van der Waals surface area contributed by atoms with Gasteiger partial charge in [-0.25, -0.2) is 8.42 Å². The second-order valence-corrected chi connectivity index (χ2v) is 10.3. The Balaban J connectivity index is 2.06. The summed E-state index contributed by atoms with van der Waals surface area (Å²) < 4.78 is 49.4. The number of benzene rings is 1. The molecule has 11 heteroatoms. The predicted molar refractivity (Wildman–Crippen MR) is 111 cm³/mol. The molecule has 2 fully saturated rings. The predicted octanol–water partition coefficient (Wildman–Crippen LogP) is 0.601. The van der Waals surface area contributed by atoms with Crippen molar-refractivity contribution in [1.29, 1.82) is 0 Å². The van der Waals surface area contributed by atoms with E-state index >= 15 is 0 Å². The van der Waals surface area contributed by atoms with Gasteiger partial charge in [-0.15, -0.1) is 0 Å². The van der Waals surface area contributed by atoms with E-state index < -0.39 is 58.0 Å². The standard InChI is InChI=1S/C21H29NO9S/c1-12-6-8-13(9-7-12)32(26,27)22-11-16(23)18-17(30-21(2,3)31-18)15(22)10-14(19(24)28-4)20(25)29-5/h6-9,14-18,23H,10-11H2,1-5H3/t15-,16-,17-,18-/m1/s1. The number of hydrogen-bond donors (Lipinski definition) is 1. The molecule has 2 aliphatic rings. The van der Waals surface area contributed by atoms with Crippen LogP contribution in [0.4, 0.5) is 0 Å². The topological polar surface area (TPSA) is 129 Å². The van der Waals surface area contributed by atoms with Crippen molar-refractivity contribution in [2.45, 2.75) is 62.2 Å². The summed E-state index contributed by atoms with van der Waals surface area (Å²) in [7, 11) is -1.85. The fraction of sp³-hybridized carbons (Fsp3) is 0.619. The Kier molecular flexibility index (Phi) is 6.97. The monoisotopic (exact) mass is 471 g/mol. The number of carbonyl (C=O) groups is 2. The number of methoxy groups -OCH3 is 2. The van der Waals surface area contributed by atoms with Crippen LogP contribution in [0, 0.1) is 12.8 Å². The van der Waals surface area contributed by atoms with Crippen LogP contribution >= 0.6 is 0 Å². The van der Waals surface area contributed by atoms with E-state index in [-0.39, 0.29) is 17.9 Å². The highest BCUT2D eigenvalue weighted by Crippen LogP contribution is 2.40. The number of ether oxygens (including phenoxy) is 4. The van der Waals surface area contributed by atoms with Crippen molar-refractivity contribution in [2.24, 2.45) is 5.92 Å². The number of carbonyl (C=O) groups excluding carboxylic acids is 2. The molecule has 0 unspecified atom stereocenters. The zero-order valence-electron chi connectivity index (χ0n) is 18.7. The molecule has 1 aromatic carbocycles. The smallest absolute Gasteiger partial charge is 0.320 e. The number of β-amino-alcohol motifs (C(OH)–C–C–N with tert-alkyl or cyclic N) is 1. The molecule has 1 N–H and O–H groups in total. The number of nitrogens with zero attached hydrogens (tertiary/aromatic N) is 1. The average molecular weight is 472 g/mol. The van der Waals surface area contributed by atoms with E-state index in [1.165, 1.54) is 12.1 Å². The van der Waals surface area contributed by atoms with Crippen molar-refractivity contribution in [3.63, 3.8) is 0 Å². The SMILES string of the molecule is COC(=O)C(C[C@@H]1[C@H]2OC(C)(C)O[C@@H]2[C@H](O)CN1S(=O)(=O)c1ccc(C)cc1)C(=O)OC. The van der Waals surface area contributed by atoms with Gasteiger partial charge in [0.25, 0.3) is 0 Å². The second-order valence-electron chi connectivity index (χ2n) is 8.42. The summed E-state index contributed by atoms with van der Waals surface area (Å²) in [6.07, 6.45) is -3.20. The van der Waals surface area contributed by atoms with Gasteiger partial charge in [-0.05, 0) is 39.3 Å². The molecule has 2 heterocycles. The van der Waals surface area contributed by atoms with E-state index in [9.17, 15) is 23.1 Å². The third-order valence-electron chi connectivity index (χ3n) is 5.74. The minimum atomic E-state index is -4.11. The number of aliphatic hydroxyl groups is 1. The van der Waals surface area contributed by atoms with Crippen LogP contribution < -0.4 is 0 Å². The number of hydrogen-bond acceptors (Lipinski definition) is 9. The summed E-state index contributed by atoms with van der Waals surface area (Å²) >= 11 is 0. The first-order valence-electron chi connectivity index (χ1n) is 10.2. The Labute approximate surface area is 187 Å². The lowest BCUT2D eigenvalue weighted by atomic mass is 9.89. The van der Waals surface area contributed by atoms with Gasteiger partial charge in [0, 0.05) is 6.54 Å². The third kappa shape index (κ3) is 4.67. The van der Waals surface area contributed by atoms with E-state index in [1.54, 1.807) is 26.0 Å². The number of rotatable bonds is 6. The first-order valence-corrected chi connectivity index (χ1v) is 11.6. The molecular formula is C21H29NO9S. The highest BCUT2D eigenvalue weighted by atomic mass is 32.2. The Bertz CT molecular complexity index is 944. The van der Waals surface area contributed by atoms with E-state index in [0.29, 0.717) is 0 Å². The van der Waals surface area contributed by atoms with Gasteiger partial charge in [0.2, 0.25) is 10.0 Å². The minimum absolute atomic E-state index is 0.0182. The number of piperidine rings is 1. The van der Waals surface area contributed by atoms with Gasteiger partial charge < -0.3 is 24.1 Å². The van der Waals surface area contributed by atoms with Crippen LogP contribution in [0.3, 0.4) is 0 Å². The van der Waals surface area contributed by atoms with Crippen molar-refractivity contribution in [3.05, 3.63) is 29.8 Å². The molecule has 0 spiro atoms. The fourth-order valence-corrected chi connectivity index (χ4v) is 5.85. The summed E-state index contributed by atoms with van der Waals surface area (Å²) in [5, 5.41) is 10.7. The molecule has 2 aliphatic heterocycles. The zero-order chi connectivity index (χ0) is 23.8. The first kappa shape index (κ1) is 24.6. The lowest BCUT2D eigenvalue weighted by molar-refractivity contribution is -0.161. The Morgan fingerprint density at radius 2 is 1.66 bits per heavy atom. The average Bonchev–Trinajstić information content (AvgIpc) is 3.08. The molecule has 3 rings (SSSR count). The molecular weight excluding hydrogens is 442 g/mol. The number of aliphatic hydroxyl groups excluding tert-OH is 1. The van der Waals surface area contributed by atoms with E-state index in [2.05, 4.69) is 0 Å². The second kappa shape index (κ2) is 9.06. The van der Waals surface area contributed by atoms with Crippen molar-refractivity contribution in [2.75, 3.05) is 20.8 Å². The van der Waals surface area contributed by atoms with Crippen molar-refractivity contribution in [3.8, 4) is 0 Å². The number of fused-ring (bicyclic) bond motifs is 1. The van der Waals surface area contributed by atoms with Crippen molar-refractivity contribution < 1.29 is 42.1 Å². The van der Waals surface area contributed by atoms with Crippen LogP contribution in [0.15, 0.2) is 29.2 Å². The van der Waals surface area contributed by atoms with Gasteiger partial charge in [-0.1, -0.05) is 17.7 Å². The summed E-state index contributed by atoms with van der Waals surface area (Å²) in [6.45, 7) is 4.83. The zero-order valence-corrected chi connectivity index (χ0v) is 19.5. The summed E-state index contributed by atoms with van der Waals surface area (Å²) in [6, 6.07) is 5.26. The number of esters is 2. The third-order valence-corrected chi connectivity index (χ3v) is 7.64. The Hall–Kier alpha value is -2.05. The molecule has 4 atom stereocenters. The van der Waals surface area contributed by atoms with Crippen molar-refractivity contribution in [1.82, 2.24) is 4.31 Å². The van der Waals surface area contributed by atoms with Gasteiger partial charge in [0.1, 0.15) is 12.2 Å². The molecule has 0 amide bonds. The first-order chi connectivity index (χ1) is 14.9. The van der Waals surface area contributed by atoms with Gasteiger partial charge in [-0.3, -0.25) is 9.59 Å². The Morgan fingerprint density at radius 3 is 2.19 bits per heavy atom. The van der Waals surface area contributed by atoms with Gasteiger partial charge in [0.05, 0.1) is 31.3 Å². The molecule has 178 valence electrons. The highest BCUT2D eigenvalue weighted by molar-refractivity contribution is 7.89. The molecule has 2 saturated heterocycles. The normalized spacial score (nSPS) is 27.7. The highest BCUT2D eigenvalue weighted by Gasteiger charge is 2.57. The molecule has 0 aliphatic carbocycles. The van der Waals surface area contributed by atoms with Crippen molar-refractivity contribution >= 4 is 22.0 Å². The molecule has 0 aromatic heterocycles. The molecule has 10 nitrogen and oxygen atoms in total. The fourth-order valence-electron chi connectivity index (χ4n) is 4.19.